The number of halogens is 1. The fourth-order valence-corrected chi connectivity index (χ4v) is 2.82. The van der Waals surface area contributed by atoms with Gasteiger partial charge in [0.2, 0.25) is 10.0 Å². The number of hydrogen-bond acceptors (Lipinski definition) is 3. The number of sulfonamides is 1. The third kappa shape index (κ3) is 3.75. The Morgan fingerprint density at radius 3 is 2.74 bits per heavy atom. The molecule has 100 valence electrons. The van der Waals surface area contributed by atoms with Gasteiger partial charge < -0.3 is 0 Å². The molecule has 1 aromatic heterocycles. The molecule has 0 aliphatic carbocycles. The molecule has 2 rings (SSSR count). The van der Waals surface area contributed by atoms with Crippen LogP contribution in [0, 0.1) is 12.7 Å². The molecule has 19 heavy (non-hydrogen) atoms. The van der Waals surface area contributed by atoms with Crippen molar-refractivity contribution in [1.29, 1.82) is 0 Å². The van der Waals surface area contributed by atoms with Gasteiger partial charge in [0, 0.05) is 6.20 Å². The van der Waals surface area contributed by atoms with E-state index in [1.54, 1.807) is 25.1 Å². The lowest BCUT2D eigenvalue weighted by molar-refractivity contribution is 0.599. The number of pyridine rings is 1. The number of nitrogens with zero attached hydrogens (tertiary/aromatic N) is 1. The quantitative estimate of drug-likeness (QED) is 0.936. The van der Waals surface area contributed by atoms with E-state index in [4.69, 9.17) is 0 Å². The van der Waals surface area contributed by atoms with Crippen LogP contribution in [-0.2, 0) is 15.8 Å². The van der Waals surface area contributed by atoms with Gasteiger partial charge in [-0.3, -0.25) is 4.72 Å². The second-order valence-corrected chi connectivity index (χ2v) is 5.88. The minimum absolute atomic E-state index is 0.291. The van der Waals surface area contributed by atoms with Crippen molar-refractivity contribution in [2.75, 3.05) is 4.72 Å². The van der Waals surface area contributed by atoms with Crippen molar-refractivity contribution in [3.63, 3.8) is 0 Å². The average molecular weight is 280 g/mol. The second kappa shape index (κ2) is 5.36. The maximum atomic E-state index is 13.0. The fraction of sp³-hybridized carbons (Fsp3) is 0.154. The smallest absolute Gasteiger partial charge is 0.238 e. The molecule has 0 bridgehead atoms. The van der Waals surface area contributed by atoms with Crippen molar-refractivity contribution in [2.24, 2.45) is 0 Å². The highest BCUT2D eigenvalue weighted by molar-refractivity contribution is 7.91. The number of aromatic nitrogens is 1. The molecule has 0 radical (unpaired) electrons. The van der Waals surface area contributed by atoms with E-state index in [-0.39, 0.29) is 5.75 Å². The Labute approximate surface area is 111 Å². The lowest BCUT2D eigenvalue weighted by Crippen LogP contribution is -2.16. The summed E-state index contributed by atoms with van der Waals surface area (Å²) in [5.41, 5.74) is 1.12. The minimum atomic E-state index is -3.61. The van der Waals surface area contributed by atoms with Crippen LogP contribution in [0.5, 0.6) is 0 Å². The van der Waals surface area contributed by atoms with Gasteiger partial charge in [-0.2, -0.15) is 0 Å². The van der Waals surface area contributed by atoms with Gasteiger partial charge in [-0.05, 0) is 36.2 Å². The van der Waals surface area contributed by atoms with E-state index in [1.807, 2.05) is 0 Å². The standard InChI is InChI=1S/C13H13FN2O2S/c1-10-4-3-7-15-13(10)16-19(17,18)9-11-5-2-6-12(14)8-11/h2-8H,9H2,1H3,(H,15,16). The number of hydrogen-bond donors (Lipinski definition) is 1. The molecule has 0 saturated carbocycles. The van der Waals surface area contributed by atoms with Gasteiger partial charge in [-0.25, -0.2) is 17.8 Å². The van der Waals surface area contributed by atoms with Crippen molar-refractivity contribution in [3.8, 4) is 0 Å². The molecule has 6 heteroatoms. The van der Waals surface area contributed by atoms with Gasteiger partial charge in [-0.1, -0.05) is 18.2 Å². The summed E-state index contributed by atoms with van der Waals surface area (Å²) in [4.78, 5) is 3.96. The number of benzene rings is 1. The van der Waals surface area contributed by atoms with Crippen molar-refractivity contribution in [3.05, 3.63) is 59.5 Å². The molecule has 1 N–H and O–H groups in total. The van der Waals surface area contributed by atoms with E-state index in [9.17, 15) is 12.8 Å². The van der Waals surface area contributed by atoms with Crippen molar-refractivity contribution in [1.82, 2.24) is 4.98 Å². The van der Waals surface area contributed by atoms with Crippen LogP contribution in [0.25, 0.3) is 0 Å². The summed E-state index contributed by atoms with van der Waals surface area (Å²) < 4.78 is 39.3. The van der Waals surface area contributed by atoms with Crippen LogP contribution in [-0.4, -0.2) is 13.4 Å². The van der Waals surface area contributed by atoms with Crippen LogP contribution in [0.3, 0.4) is 0 Å². The second-order valence-electron chi connectivity index (χ2n) is 4.16. The summed E-state index contributed by atoms with van der Waals surface area (Å²) in [5, 5.41) is 0. The summed E-state index contributed by atoms with van der Waals surface area (Å²) in [7, 11) is -3.61. The van der Waals surface area contributed by atoms with Crippen LogP contribution < -0.4 is 4.72 Å². The van der Waals surface area contributed by atoms with Crippen LogP contribution >= 0.6 is 0 Å². The normalized spacial score (nSPS) is 11.3. The molecule has 0 amide bonds. The van der Waals surface area contributed by atoms with Crippen LogP contribution in [0.2, 0.25) is 0 Å². The molecule has 0 saturated heterocycles. The van der Waals surface area contributed by atoms with Gasteiger partial charge in [0.05, 0.1) is 5.75 Å². The molecule has 0 aliphatic rings. The first kappa shape index (κ1) is 13.5. The van der Waals surface area contributed by atoms with E-state index in [0.29, 0.717) is 11.4 Å². The summed E-state index contributed by atoms with van der Waals surface area (Å²) in [5.74, 6) is -0.457. The predicted octanol–water partition coefficient (Wildman–Crippen LogP) is 2.47. The fourth-order valence-electron chi connectivity index (χ4n) is 1.62. The van der Waals surface area contributed by atoms with Crippen molar-refractivity contribution < 1.29 is 12.8 Å². The van der Waals surface area contributed by atoms with E-state index < -0.39 is 15.8 Å². The average Bonchev–Trinajstić information content (AvgIpc) is 2.31. The van der Waals surface area contributed by atoms with E-state index >= 15 is 0 Å². The third-order valence-corrected chi connectivity index (χ3v) is 3.73. The maximum Gasteiger partial charge on any atom is 0.238 e. The number of anilines is 1. The monoisotopic (exact) mass is 280 g/mol. The largest absolute Gasteiger partial charge is 0.267 e. The summed E-state index contributed by atoms with van der Waals surface area (Å²) in [6, 6.07) is 8.99. The number of aryl methyl sites for hydroxylation is 1. The maximum absolute atomic E-state index is 13.0. The Balaban J connectivity index is 2.18. The molecule has 4 nitrogen and oxygen atoms in total. The molecule has 2 aromatic rings. The van der Waals surface area contributed by atoms with E-state index in [2.05, 4.69) is 9.71 Å². The highest BCUT2D eigenvalue weighted by Crippen LogP contribution is 2.14. The zero-order valence-corrected chi connectivity index (χ0v) is 11.1. The topological polar surface area (TPSA) is 59.1 Å². The Kier molecular flexibility index (Phi) is 3.80. The molecule has 1 aromatic carbocycles. The molecule has 0 spiro atoms. The first-order chi connectivity index (χ1) is 8.96. The number of rotatable bonds is 4. The van der Waals surface area contributed by atoms with E-state index in [1.165, 1.54) is 24.4 Å². The summed E-state index contributed by atoms with van der Waals surface area (Å²) in [6.07, 6.45) is 1.51. The van der Waals surface area contributed by atoms with E-state index in [0.717, 1.165) is 5.56 Å². The van der Waals surface area contributed by atoms with Gasteiger partial charge in [-0.15, -0.1) is 0 Å². The van der Waals surface area contributed by atoms with Crippen molar-refractivity contribution >= 4 is 15.8 Å². The van der Waals surface area contributed by atoms with Gasteiger partial charge in [0.25, 0.3) is 0 Å². The Morgan fingerprint density at radius 2 is 2.05 bits per heavy atom. The summed E-state index contributed by atoms with van der Waals surface area (Å²) in [6.45, 7) is 1.76. The molecule has 0 unspecified atom stereocenters. The molecule has 0 atom stereocenters. The minimum Gasteiger partial charge on any atom is -0.267 e. The Bertz CT molecular complexity index is 687. The highest BCUT2D eigenvalue weighted by atomic mass is 32.2. The van der Waals surface area contributed by atoms with Crippen LogP contribution in [0.4, 0.5) is 10.2 Å². The zero-order chi connectivity index (χ0) is 13.9. The summed E-state index contributed by atoms with van der Waals surface area (Å²) >= 11 is 0. The first-order valence-electron chi connectivity index (χ1n) is 5.63. The highest BCUT2D eigenvalue weighted by Gasteiger charge is 2.13. The number of nitrogens with one attached hydrogen (secondary N) is 1. The Hall–Kier alpha value is -1.95. The van der Waals surface area contributed by atoms with Gasteiger partial charge >= 0.3 is 0 Å². The van der Waals surface area contributed by atoms with Gasteiger partial charge in [0.1, 0.15) is 11.6 Å². The van der Waals surface area contributed by atoms with Crippen LogP contribution in [0.15, 0.2) is 42.6 Å². The lowest BCUT2D eigenvalue weighted by Gasteiger charge is -2.09. The SMILES string of the molecule is Cc1cccnc1NS(=O)(=O)Cc1cccc(F)c1. The molecule has 1 heterocycles. The van der Waals surface area contributed by atoms with Crippen LogP contribution in [0.1, 0.15) is 11.1 Å². The predicted molar refractivity (Wildman–Crippen MR) is 71.6 cm³/mol. The molecular weight excluding hydrogens is 267 g/mol. The lowest BCUT2D eigenvalue weighted by atomic mass is 10.2. The molecule has 0 fully saturated rings. The first-order valence-corrected chi connectivity index (χ1v) is 7.28. The van der Waals surface area contributed by atoms with Crippen molar-refractivity contribution in [2.45, 2.75) is 12.7 Å². The van der Waals surface area contributed by atoms with Gasteiger partial charge in [0.15, 0.2) is 0 Å². The zero-order valence-electron chi connectivity index (χ0n) is 10.3. The molecule has 0 aliphatic heterocycles. The third-order valence-electron chi connectivity index (χ3n) is 2.51. The molecular formula is C13H13FN2O2S. The Morgan fingerprint density at radius 1 is 1.26 bits per heavy atom.